The van der Waals surface area contributed by atoms with Crippen LogP contribution in [0, 0.1) is 0 Å². The van der Waals surface area contributed by atoms with Crippen LogP contribution in [0.2, 0.25) is 0 Å². The molecule has 0 N–H and O–H groups in total. The molecule has 0 saturated carbocycles. The number of hydrogen-bond acceptors (Lipinski definition) is 7. The van der Waals surface area contributed by atoms with Gasteiger partial charge in [-0.1, -0.05) is 48.5 Å². The Balaban J connectivity index is 1.45. The third-order valence-corrected chi connectivity index (χ3v) is 7.59. The molecule has 1 aliphatic rings. The van der Waals surface area contributed by atoms with Gasteiger partial charge in [0.05, 0.1) is 31.1 Å². The van der Waals surface area contributed by atoms with Crippen molar-refractivity contribution in [2.75, 3.05) is 7.11 Å². The Morgan fingerprint density at radius 1 is 1.17 bits per heavy atom. The van der Waals surface area contributed by atoms with Crippen LogP contribution in [0.1, 0.15) is 33.2 Å². The number of hydrogen-bond donors (Lipinski definition) is 0. The monoisotopic (exact) mass is 483 g/mol. The van der Waals surface area contributed by atoms with E-state index in [1.165, 1.54) is 23.1 Å². The first-order chi connectivity index (χ1) is 17.1. The second kappa shape index (κ2) is 8.28. The molecule has 1 unspecified atom stereocenters. The Kier molecular flexibility index (Phi) is 5.07. The van der Waals surface area contributed by atoms with Crippen molar-refractivity contribution in [2.24, 2.45) is 12.0 Å². The molecule has 4 heterocycles. The average molecular weight is 484 g/mol. The Morgan fingerprint density at radius 2 is 2.00 bits per heavy atom. The van der Waals surface area contributed by atoms with Crippen LogP contribution in [-0.2, 0) is 29.7 Å². The Bertz CT molecular complexity index is 1700. The van der Waals surface area contributed by atoms with Gasteiger partial charge in [0.1, 0.15) is 16.4 Å². The highest BCUT2D eigenvalue weighted by Crippen LogP contribution is 2.36. The lowest BCUT2D eigenvalue weighted by Gasteiger charge is -2.12. The van der Waals surface area contributed by atoms with Crippen molar-refractivity contribution in [3.05, 3.63) is 92.3 Å². The van der Waals surface area contributed by atoms with Crippen LogP contribution in [0.5, 0.6) is 0 Å². The number of aromatic nitrogens is 4. The van der Waals surface area contributed by atoms with Crippen LogP contribution in [0.3, 0.4) is 0 Å². The van der Waals surface area contributed by atoms with Crippen molar-refractivity contribution in [3.63, 3.8) is 0 Å². The minimum absolute atomic E-state index is 0.183. The fourth-order valence-electron chi connectivity index (χ4n) is 4.69. The number of ether oxygens (including phenoxy) is 1. The van der Waals surface area contributed by atoms with E-state index in [0.717, 1.165) is 32.3 Å². The zero-order valence-corrected chi connectivity index (χ0v) is 20.0. The molecule has 1 atom stereocenters. The first-order valence-electron chi connectivity index (χ1n) is 11.1. The summed E-state index contributed by atoms with van der Waals surface area (Å²) < 4.78 is 9.18. The van der Waals surface area contributed by atoms with E-state index in [9.17, 15) is 9.59 Å². The first-order valence-corrected chi connectivity index (χ1v) is 12.0. The van der Waals surface area contributed by atoms with Crippen LogP contribution in [0.25, 0.3) is 21.3 Å². The smallest absolute Gasteiger partial charge is 0.320 e. The number of benzene rings is 2. The molecule has 0 aliphatic carbocycles. The summed E-state index contributed by atoms with van der Waals surface area (Å²) in [4.78, 5) is 35.3. The SMILES string of the molecule is COC(=O)C(c1ccccc1)c1nc2c(s1)c1cnn(Cc3cccc4c3C=NC4)c(=O)c1n2C. The van der Waals surface area contributed by atoms with E-state index in [4.69, 9.17) is 9.72 Å². The molecule has 0 radical (unpaired) electrons. The lowest BCUT2D eigenvalue weighted by Crippen LogP contribution is -2.25. The number of aryl methyl sites for hydroxylation is 1. The molecule has 35 heavy (non-hydrogen) atoms. The molecule has 6 rings (SSSR count). The molecule has 8 nitrogen and oxygen atoms in total. The summed E-state index contributed by atoms with van der Waals surface area (Å²) >= 11 is 1.39. The number of methoxy groups -OCH3 is 1. The van der Waals surface area contributed by atoms with E-state index in [2.05, 4.69) is 16.2 Å². The number of nitrogens with zero attached hydrogens (tertiary/aromatic N) is 5. The zero-order valence-electron chi connectivity index (χ0n) is 19.1. The standard InChI is InChI=1S/C26H21N5O3S/c1-30-21-19(13-28-31(25(21)32)14-17-10-6-9-16-11-27-12-18(16)17)22-23(30)29-24(35-22)20(26(33)34-2)15-7-4-3-5-8-15/h3-10,12-13,20H,11,14H2,1-2H3. The van der Waals surface area contributed by atoms with Crippen molar-refractivity contribution in [3.8, 4) is 0 Å². The lowest BCUT2D eigenvalue weighted by molar-refractivity contribution is -0.141. The predicted molar refractivity (Wildman–Crippen MR) is 135 cm³/mol. The Hall–Kier alpha value is -4.11. The van der Waals surface area contributed by atoms with E-state index in [1.807, 2.05) is 55.7 Å². The topological polar surface area (TPSA) is 91.4 Å². The Labute approximate surface area is 204 Å². The molecule has 2 aromatic carbocycles. The van der Waals surface area contributed by atoms with E-state index >= 15 is 0 Å². The van der Waals surface area contributed by atoms with Gasteiger partial charge in [-0.3, -0.25) is 14.6 Å². The number of thiazole rings is 1. The summed E-state index contributed by atoms with van der Waals surface area (Å²) in [7, 11) is 3.20. The van der Waals surface area contributed by atoms with Crippen LogP contribution in [0.15, 0.2) is 64.5 Å². The maximum Gasteiger partial charge on any atom is 0.320 e. The molecule has 5 aromatic rings. The van der Waals surface area contributed by atoms with Crippen molar-refractivity contribution >= 4 is 44.8 Å². The second-order valence-electron chi connectivity index (χ2n) is 8.46. The van der Waals surface area contributed by atoms with E-state index in [0.29, 0.717) is 29.3 Å². The molecule has 0 spiro atoms. The summed E-state index contributed by atoms with van der Waals surface area (Å²) in [5.74, 6) is -1.01. The third-order valence-electron chi connectivity index (χ3n) is 6.45. The summed E-state index contributed by atoms with van der Waals surface area (Å²) in [6.45, 7) is 1.03. The fraction of sp³-hybridized carbons (Fsp3) is 0.192. The van der Waals surface area contributed by atoms with Gasteiger partial charge in [-0.05, 0) is 16.7 Å². The maximum absolute atomic E-state index is 13.5. The largest absolute Gasteiger partial charge is 0.468 e. The quantitative estimate of drug-likeness (QED) is 0.356. The molecule has 0 bridgehead atoms. The molecule has 174 valence electrons. The van der Waals surface area contributed by atoms with Gasteiger partial charge in [-0.25, -0.2) is 9.67 Å². The predicted octanol–water partition coefficient (Wildman–Crippen LogP) is 3.63. The lowest BCUT2D eigenvalue weighted by atomic mass is 10.0. The molecule has 9 heteroatoms. The van der Waals surface area contributed by atoms with Crippen LogP contribution < -0.4 is 5.56 Å². The van der Waals surface area contributed by atoms with Crippen molar-refractivity contribution in [2.45, 2.75) is 19.0 Å². The molecule has 3 aromatic heterocycles. The van der Waals surface area contributed by atoms with Gasteiger partial charge in [-0.15, -0.1) is 11.3 Å². The third kappa shape index (κ3) is 3.38. The minimum atomic E-state index is -0.635. The second-order valence-corrected chi connectivity index (χ2v) is 9.49. The van der Waals surface area contributed by atoms with Gasteiger partial charge in [0.15, 0.2) is 5.65 Å². The fourth-order valence-corrected chi connectivity index (χ4v) is 5.91. The average Bonchev–Trinajstić information content (AvgIpc) is 3.58. The van der Waals surface area contributed by atoms with Gasteiger partial charge in [-0.2, -0.15) is 5.10 Å². The van der Waals surface area contributed by atoms with Gasteiger partial charge in [0.2, 0.25) is 0 Å². The number of carbonyl (C=O) groups is 1. The normalized spacial score (nSPS) is 13.4. The van der Waals surface area contributed by atoms with E-state index in [1.54, 1.807) is 10.8 Å². The Morgan fingerprint density at radius 3 is 2.80 bits per heavy atom. The molecule has 0 fully saturated rings. The summed E-state index contributed by atoms with van der Waals surface area (Å²) in [6, 6.07) is 15.5. The molecular weight excluding hydrogens is 462 g/mol. The minimum Gasteiger partial charge on any atom is -0.468 e. The molecule has 1 aliphatic heterocycles. The maximum atomic E-state index is 13.5. The van der Waals surface area contributed by atoms with Gasteiger partial charge in [0.25, 0.3) is 5.56 Å². The molecule has 0 saturated heterocycles. The van der Waals surface area contributed by atoms with Crippen LogP contribution in [0.4, 0.5) is 0 Å². The van der Waals surface area contributed by atoms with Gasteiger partial charge in [0, 0.05) is 24.2 Å². The highest BCUT2D eigenvalue weighted by Gasteiger charge is 2.29. The number of rotatable bonds is 5. The van der Waals surface area contributed by atoms with E-state index in [-0.39, 0.29) is 11.5 Å². The van der Waals surface area contributed by atoms with Crippen molar-refractivity contribution < 1.29 is 9.53 Å². The highest BCUT2D eigenvalue weighted by atomic mass is 32.1. The van der Waals surface area contributed by atoms with E-state index < -0.39 is 5.92 Å². The number of carbonyl (C=O) groups excluding carboxylic acids is 1. The number of aliphatic imine (C=N–C) groups is 1. The van der Waals surface area contributed by atoms with Crippen LogP contribution >= 0.6 is 11.3 Å². The molecule has 0 amide bonds. The van der Waals surface area contributed by atoms with Crippen LogP contribution in [-0.4, -0.2) is 38.6 Å². The number of fused-ring (bicyclic) bond motifs is 4. The van der Waals surface area contributed by atoms with Crippen molar-refractivity contribution in [1.29, 1.82) is 0 Å². The molecular formula is C26H21N5O3S. The highest BCUT2D eigenvalue weighted by molar-refractivity contribution is 7.19. The first kappa shape index (κ1) is 21.4. The number of esters is 1. The summed E-state index contributed by atoms with van der Waals surface area (Å²) in [5.41, 5.74) is 5.04. The summed E-state index contributed by atoms with van der Waals surface area (Å²) in [5, 5.41) is 5.83. The van der Waals surface area contributed by atoms with Gasteiger partial charge >= 0.3 is 5.97 Å². The van der Waals surface area contributed by atoms with Gasteiger partial charge < -0.3 is 9.30 Å². The van der Waals surface area contributed by atoms with Crippen molar-refractivity contribution in [1.82, 2.24) is 19.3 Å². The zero-order chi connectivity index (χ0) is 24.1. The summed E-state index contributed by atoms with van der Waals surface area (Å²) in [6.07, 6.45) is 3.58.